The van der Waals surface area contributed by atoms with E-state index >= 15 is 0 Å². The van der Waals surface area contributed by atoms with Crippen LogP contribution < -0.4 is 10.6 Å². The highest BCUT2D eigenvalue weighted by Crippen LogP contribution is 2.09. The summed E-state index contributed by atoms with van der Waals surface area (Å²) in [6.07, 6.45) is 3.23. The second-order valence-corrected chi connectivity index (χ2v) is 5.48. The Morgan fingerprint density at radius 2 is 2.06 bits per heavy atom. The summed E-state index contributed by atoms with van der Waals surface area (Å²) in [4.78, 5) is 22.5. The van der Waals surface area contributed by atoms with Crippen molar-refractivity contribution in [1.82, 2.24) is 10.6 Å². The van der Waals surface area contributed by atoms with Gasteiger partial charge in [0.05, 0.1) is 0 Å². The molecule has 0 aliphatic rings. The van der Waals surface area contributed by atoms with Crippen LogP contribution in [0.15, 0.2) is 0 Å². The van der Waals surface area contributed by atoms with Crippen LogP contribution in [0.2, 0.25) is 0 Å². The van der Waals surface area contributed by atoms with Crippen molar-refractivity contribution >= 4 is 23.8 Å². The molecule has 0 spiro atoms. The molecule has 3 N–H and O–H groups in total. The number of rotatable bonds is 7. The van der Waals surface area contributed by atoms with Crippen LogP contribution in [0.5, 0.6) is 0 Å². The lowest BCUT2D eigenvalue weighted by atomic mass is 10.00. The van der Waals surface area contributed by atoms with Crippen molar-refractivity contribution in [2.75, 3.05) is 12.8 Å². The van der Waals surface area contributed by atoms with Gasteiger partial charge in [0.15, 0.2) is 0 Å². The van der Waals surface area contributed by atoms with Crippen LogP contribution in [0.25, 0.3) is 0 Å². The molecule has 0 rings (SSSR count). The van der Waals surface area contributed by atoms with Crippen LogP contribution in [0.1, 0.15) is 33.6 Å². The number of hydrogen-bond acceptors (Lipinski definition) is 3. The first-order valence-corrected chi connectivity index (χ1v) is 6.96. The minimum atomic E-state index is -1.20. The second-order valence-electron chi connectivity index (χ2n) is 4.21. The third kappa shape index (κ3) is 5.81. The zero-order valence-electron chi connectivity index (χ0n) is 10.9. The summed E-state index contributed by atoms with van der Waals surface area (Å²) < 4.78 is 0. The Bertz CT molecular complexity index is 273. The predicted molar refractivity (Wildman–Crippen MR) is 70.5 cm³/mol. The molecule has 0 radical (unpaired) electrons. The molecule has 0 aliphatic heterocycles. The minimum Gasteiger partial charge on any atom is -0.480 e. The van der Waals surface area contributed by atoms with Gasteiger partial charge in [0.25, 0.3) is 0 Å². The first-order valence-electron chi connectivity index (χ1n) is 5.68. The van der Waals surface area contributed by atoms with E-state index in [1.165, 1.54) is 6.92 Å². The lowest BCUT2D eigenvalue weighted by molar-refractivity contribution is -0.143. The molecular formula is C11H22N2O3S. The van der Waals surface area contributed by atoms with E-state index in [0.29, 0.717) is 18.2 Å². The highest BCUT2D eigenvalue weighted by Gasteiger charge is 2.32. The van der Waals surface area contributed by atoms with Gasteiger partial charge in [-0.3, -0.25) is 0 Å². The molecule has 17 heavy (non-hydrogen) atoms. The molecule has 0 aromatic carbocycles. The number of carboxylic acid groups (broad SMARTS) is 1. The van der Waals surface area contributed by atoms with Gasteiger partial charge >= 0.3 is 12.0 Å². The minimum absolute atomic E-state index is 0.344. The van der Waals surface area contributed by atoms with Crippen molar-refractivity contribution in [3.63, 3.8) is 0 Å². The zero-order valence-corrected chi connectivity index (χ0v) is 11.7. The molecule has 0 heterocycles. The molecule has 0 fully saturated rings. The normalized spacial score (nSPS) is 15.8. The Balaban J connectivity index is 4.05. The Morgan fingerprint density at radius 3 is 2.47 bits per heavy atom. The van der Waals surface area contributed by atoms with Gasteiger partial charge in [0, 0.05) is 11.8 Å². The quantitative estimate of drug-likeness (QED) is 0.652. The molecule has 6 heteroatoms. The molecule has 100 valence electrons. The molecule has 2 unspecified atom stereocenters. The van der Waals surface area contributed by atoms with Crippen molar-refractivity contribution in [1.29, 1.82) is 0 Å². The third-order valence-electron chi connectivity index (χ3n) is 2.81. The summed E-state index contributed by atoms with van der Waals surface area (Å²) in [6, 6.07) is -0.426. The van der Waals surface area contributed by atoms with Crippen molar-refractivity contribution in [3.8, 4) is 0 Å². The van der Waals surface area contributed by atoms with Crippen molar-refractivity contribution in [3.05, 3.63) is 0 Å². The Kier molecular flexibility index (Phi) is 7.03. The Hall–Kier alpha value is -0.910. The van der Waals surface area contributed by atoms with E-state index in [4.69, 9.17) is 5.11 Å². The molecule has 0 bridgehead atoms. The van der Waals surface area contributed by atoms with Gasteiger partial charge in [-0.15, -0.1) is 0 Å². The molecule has 0 aliphatic carbocycles. The standard InChI is InChI=1S/C11H22N2O3S/c1-5-11(3,9(14)15)13-10(16)12-7-6-8(2)17-4/h8H,5-7H2,1-4H3,(H,14,15)(H2,12,13,16). The van der Waals surface area contributed by atoms with Gasteiger partial charge in [0.1, 0.15) is 5.54 Å². The van der Waals surface area contributed by atoms with E-state index in [0.717, 1.165) is 6.42 Å². The van der Waals surface area contributed by atoms with E-state index in [9.17, 15) is 9.59 Å². The van der Waals surface area contributed by atoms with Crippen molar-refractivity contribution in [2.24, 2.45) is 0 Å². The number of urea groups is 1. The summed E-state index contributed by atoms with van der Waals surface area (Å²) >= 11 is 1.73. The number of aliphatic carboxylic acids is 1. The SMILES string of the molecule is CCC(C)(NC(=O)NCCC(C)SC)C(=O)O. The van der Waals surface area contributed by atoms with E-state index in [1.807, 2.05) is 6.26 Å². The lowest BCUT2D eigenvalue weighted by Crippen LogP contribution is -2.55. The first-order chi connectivity index (χ1) is 7.85. The maximum atomic E-state index is 11.5. The first kappa shape index (κ1) is 16.1. The van der Waals surface area contributed by atoms with Gasteiger partial charge in [-0.25, -0.2) is 9.59 Å². The van der Waals surface area contributed by atoms with Gasteiger partial charge in [-0.2, -0.15) is 11.8 Å². The second kappa shape index (κ2) is 7.42. The number of carbonyl (C=O) groups is 2. The number of carbonyl (C=O) groups excluding carboxylic acids is 1. The smallest absolute Gasteiger partial charge is 0.329 e. The van der Waals surface area contributed by atoms with Gasteiger partial charge in [-0.1, -0.05) is 13.8 Å². The summed E-state index contributed by atoms with van der Waals surface area (Å²) in [5.41, 5.74) is -1.20. The Labute approximate surface area is 107 Å². The van der Waals surface area contributed by atoms with E-state index in [2.05, 4.69) is 17.6 Å². The summed E-state index contributed by atoms with van der Waals surface area (Å²) in [6.45, 7) is 5.86. The lowest BCUT2D eigenvalue weighted by Gasteiger charge is -2.24. The molecule has 0 saturated heterocycles. The number of hydrogen-bond donors (Lipinski definition) is 3. The Morgan fingerprint density at radius 1 is 1.47 bits per heavy atom. The number of carboxylic acids is 1. The molecule has 2 amide bonds. The van der Waals surface area contributed by atoms with Crippen LogP contribution >= 0.6 is 11.8 Å². The largest absolute Gasteiger partial charge is 0.480 e. The molecule has 0 aromatic rings. The van der Waals surface area contributed by atoms with Crippen LogP contribution in [0.4, 0.5) is 4.79 Å². The van der Waals surface area contributed by atoms with Crippen LogP contribution in [-0.4, -0.2) is 40.7 Å². The number of nitrogens with one attached hydrogen (secondary N) is 2. The monoisotopic (exact) mass is 262 g/mol. The molecule has 0 saturated carbocycles. The van der Waals surface area contributed by atoms with Gasteiger partial charge < -0.3 is 15.7 Å². The zero-order chi connectivity index (χ0) is 13.5. The van der Waals surface area contributed by atoms with E-state index < -0.39 is 17.5 Å². The van der Waals surface area contributed by atoms with Crippen LogP contribution in [-0.2, 0) is 4.79 Å². The average Bonchev–Trinajstić information content (AvgIpc) is 2.28. The fourth-order valence-corrected chi connectivity index (χ4v) is 1.45. The fourth-order valence-electron chi connectivity index (χ4n) is 1.09. The van der Waals surface area contributed by atoms with Gasteiger partial charge in [-0.05, 0) is 26.0 Å². The van der Waals surface area contributed by atoms with Gasteiger partial charge in [0.2, 0.25) is 0 Å². The number of thioether (sulfide) groups is 1. The summed E-state index contributed by atoms with van der Waals surface area (Å²) in [7, 11) is 0. The fraction of sp³-hybridized carbons (Fsp3) is 0.818. The van der Waals surface area contributed by atoms with Crippen molar-refractivity contribution in [2.45, 2.75) is 44.4 Å². The summed E-state index contributed by atoms with van der Waals surface area (Å²) in [5, 5.41) is 14.6. The van der Waals surface area contributed by atoms with Crippen LogP contribution in [0.3, 0.4) is 0 Å². The highest BCUT2D eigenvalue weighted by atomic mass is 32.2. The molecule has 5 nitrogen and oxygen atoms in total. The van der Waals surface area contributed by atoms with Crippen LogP contribution in [0, 0.1) is 0 Å². The average molecular weight is 262 g/mol. The highest BCUT2D eigenvalue weighted by molar-refractivity contribution is 7.99. The van der Waals surface area contributed by atoms with E-state index in [-0.39, 0.29) is 0 Å². The molecular weight excluding hydrogens is 240 g/mol. The predicted octanol–water partition coefficient (Wildman–Crippen LogP) is 1.68. The number of amides is 2. The van der Waals surface area contributed by atoms with Crippen molar-refractivity contribution < 1.29 is 14.7 Å². The third-order valence-corrected chi connectivity index (χ3v) is 3.85. The molecule has 0 aromatic heterocycles. The molecule has 2 atom stereocenters. The maximum absolute atomic E-state index is 11.5. The topological polar surface area (TPSA) is 78.4 Å². The van der Waals surface area contributed by atoms with E-state index in [1.54, 1.807) is 18.7 Å². The summed E-state index contributed by atoms with van der Waals surface area (Å²) in [5.74, 6) is -1.02. The maximum Gasteiger partial charge on any atom is 0.329 e.